The molecule has 0 amide bonds. The molecule has 0 bridgehead atoms. The van der Waals surface area contributed by atoms with E-state index in [1.165, 1.54) is 11.2 Å². The molecule has 0 aliphatic heterocycles. The number of rotatable bonds is 5. The van der Waals surface area contributed by atoms with Crippen LogP contribution in [0.5, 0.6) is 0 Å². The second kappa shape index (κ2) is 5.07. The Morgan fingerprint density at radius 2 is 2.11 bits per heavy atom. The molecule has 0 spiro atoms. The fraction of sp³-hybridized carbons (Fsp3) is 0.500. The fourth-order valence-electron chi connectivity index (χ4n) is 2.03. The maximum absolute atomic E-state index is 13.3. The van der Waals surface area contributed by atoms with Crippen molar-refractivity contribution in [2.75, 3.05) is 18.9 Å². The molecule has 3 N–H and O–H groups in total. The Bertz CT molecular complexity index is 585. The minimum atomic E-state index is -3.74. The highest BCUT2D eigenvalue weighted by atomic mass is 32.2. The first-order chi connectivity index (χ1) is 8.87. The third-order valence-electron chi connectivity index (χ3n) is 3.16. The predicted molar refractivity (Wildman–Crippen MR) is 69.5 cm³/mol. The van der Waals surface area contributed by atoms with E-state index in [4.69, 9.17) is 10.8 Å². The second-order valence-corrected chi connectivity index (χ2v) is 6.57. The van der Waals surface area contributed by atoms with Gasteiger partial charge in [0.15, 0.2) is 0 Å². The highest BCUT2D eigenvalue weighted by Crippen LogP contribution is 2.33. The van der Waals surface area contributed by atoms with Gasteiger partial charge in [0.2, 0.25) is 10.0 Å². The van der Waals surface area contributed by atoms with Crippen LogP contribution in [0.3, 0.4) is 0 Å². The zero-order valence-corrected chi connectivity index (χ0v) is 11.5. The molecule has 106 valence electrons. The average Bonchev–Trinajstić information content (AvgIpc) is 3.14. The molecule has 1 aromatic carbocycles. The van der Waals surface area contributed by atoms with E-state index < -0.39 is 15.8 Å². The van der Waals surface area contributed by atoms with Crippen LogP contribution in [0.1, 0.15) is 18.4 Å². The number of sulfonamides is 1. The van der Waals surface area contributed by atoms with E-state index in [9.17, 15) is 12.8 Å². The normalized spacial score (nSPS) is 16.0. The van der Waals surface area contributed by atoms with Gasteiger partial charge >= 0.3 is 0 Å². The molecule has 0 heterocycles. The lowest BCUT2D eigenvalue weighted by atomic mass is 10.2. The lowest BCUT2D eigenvalue weighted by molar-refractivity contribution is 0.250. The summed E-state index contributed by atoms with van der Waals surface area (Å²) in [6.07, 6.45) is 1.57. The molecule has 0 atom stereocenters. The first kappa shape index (κ1) is 14.2. The van der Waals surface area contributed by atoms with Crippen molar-refractivity contribution in [1.82, 2.24) is 4.31 Å². The maximum atomic E-state index is 13.3. The number of hydrogen-bond donors (Lipinski definition) is 2. The Balaban J connectivity index is 2.46. The van der Waals surface area contributed by atoms with E-state index >= 15 is 0 Å². The van der Waals surface area contributed by atoms with Crippen LogP contribution in [0.25, 0.3) is 0 Å². The first-order valence-electron chi connectivity index (χ1n) is 6.06. The van der Waals surface area contributed by atoms with Crippen molar-refractivity contribution in [2.45, 2.75) is 30.7 Å². The van der Waals surface area contributed by atoms with E-state index in [1.807, 2.05) is 0 Å². The Kier molecular flexibility index (Phi) is 3.80. The van der Waals surface area contributed by atoms with Gasteiger partial charge in [0.25, 0.3) is 0 Å². The molecular weight excluding hydrogens is 271 g/mol. The van der Waals surface area contributed by atoms with Crippen LogP contribution in [0.15, 0.2) is 17.0 Å². The number of hydrogen-bond acceptors (Lipinski definition) is 4. The van der Waals surface area contributed by atoms with Gasteiger partial charge in [-0.05, 0) is 37.5 Å². The molecule has 5 nitrogen and oxygen atoms in total. The van der Waals surface area contributed by atoms with Crippen molar-refractivity contribution < 1.29 is 17.9 Å². The minimum Gasteiger partial charge on any atom is -0.396 e. The van der Waals surface area contributed by atoms with Crippen molar-refractivity contribution in [3.8, 4) is 0 Å². The topological polar surface area (TPSA) is 83.6 Å². The molecule has 2 rings (SSSR count). The van der Waals surface area contributed by atoms with Crippen molar-refractivity contribution in [1.29, 1.82) is 0 Å². The van der Waals surface area contributed by atoms with Crippen LogP contribution in [0, 0.1) is 12.7 Å². The molecule has 19 heavy (non-hydrogen) atoms. The molecule has 1 aliphatic carbocycles. The van der Waals surface area contributed by atoms with Gasteiger partial charge in [-0.3, -0.25) is 0 Å². The van der Waals surface area contributed by atoms with Gasteiger partial charge in [-0.15, -0.1) is 0 Å². The predicted octanol–water partition coefficient (Wildman–Crippen LogP) is 0.862. The number of anilines is 1. The quantitative estimate of drug-likeness (QED) is 0.787. The van der Waals surface area contributed by atoms with Gasteiger partial charge in [0.05, 0.1) is 17.2 Å². The molecular formula is C12H17FN2O3S. The standard InChI is InChI=1S/C12H17FN2O3S/c1-8-6-10(13)11(14)7-12(8)19(17,18)15(4-5-16)9-2-3-9/h6-7,9,16H,2-5,14H2,1H3. The van der Waals surface area contributed by atoms with Gasteiger partial charge in [-0.25, -0.2) is 12.8 Å². The van der Waals surface area contributed by atoms with Gasteiger partial charge in [0.1, 0.15) is 5.82 Å². The Hall–Kier alpha value is -1.18. The Morgan fingerprint density at radius 3 is 2.63 bits per heavy atom. The molecule has 7 heteroatoms. The number of halogens is 1. The maximum Gasteiger partial charge on any atom is 0.243 e. The van der Waals surface area contributed by atoms with Crippen molar-refractivity contribution in [2.24, 2.45) is 0 Å². The van der Waals surface area contributed by atoms with Crippen LogP contribution < -0.4 is 5.73 Å². The smallest absolute Gasteiger partial charge is 0.243 e. The molecule has 1 aromatic rings. The molecule has 0 saturated heterocycles. The van der Waals surface area contributed by atoms with Crippen molar-refractivity contribution in [3.63, 3.8) is 0 Å². The van der Waals surface area contributed by atoms with Crippen LogP contribution in [0.4, 0.5) is 10.1 Å². The number of aliphatic hydroxyl groups excluding tert-OH is 1. The molecule has 1 fully saturated rings. The number of nitrogen functional groups attached to an aromatic ring is 1. The molecule has 1 saturated carbocycles. The van der Waals surface area contributed by atoms with E-state index in [1.54, 1.807) is 0 Å². The zero-order valence-electron chi connectivity index (χ0n) is 10.6. The largest absolute Gasteiger partial charge is 0.396 e. The van der Waals surface area contributed by atoms with Crippen LogP contribution in [-0.4, -0.2) is 37.0 Å². The summed E-state index contributed by atoms with van der Waals surface area (Å²) >= 11 is 0. The summed E-state index contributed by atoms with van der Waals surface area (Å²) < 4.78 is 39.6. The highest BCUT2D eigenvalue weighted by molar-refractivity contribution is 7.89. The van der Waals surface area contributed by atoms with E-state index in [2.05, 4.69) is 0 Å². The summed E-state index contributed by atoms with van der Waals surface area (Å²) in [7, 11) is -3.74. The summed E-state index contributed by atoms with van der Waals surface area (Å²) in [5.74, 6) is -0.628. The van der Waals surface area contributed by atoms with Crippen molar-refractivity contribution >= 4 is 15.7 Å². The molecule has 0 aromatic heterocycles. The summed E-state index contributed by atoms with van der Waals surface area (Å²) in [6, 6.07) is 2.20. The fourth-order valence-corrected chi connectivity index (χ4v) is 3.95. The molecule has 1 aliphatic rings. The molecule has 0 radical (unpaired) electrons. The number of aliphatic hydroxyl groups is 1. The highest BCUT2D eigenvalue weighted by Gasteiger charge is 2.38. The summed E-state index contributed by atoms with van der Waals surface area (Å²) in [4.78, 5) is 0.00625. The summed E-state index contributed by atoms with van der Waals surface area (Å²) in [5, 5.41) is 9.00. The van der Waals surface area contributed by atoms with Crippen LogP contribution in [0.2, 0.25) is 0 Å². The average molecular weight is 288 g/mol. The molecule has 0 unspecified atom stereocenters. The van der Waals surface area contributed by atoms with E-state index in [-0.39, 0.29) is 29.8 Å². The van der Waals surface area contributed by atoms with Gasteiger partial charge in [-0.1, -0.05) is 0 Å². The number of nitrogens with zero attached hydrogens (tertiary/aromatic N) is 1. The van der Waals surface area contributed by atoms with Gasteiger partial charge < -0.3 is 10.8 Å². The first-order valence-corrected chi connectivity index (χ1v) is 7.50. The third-order valence-corrected chi connectivity index (χ3v) is 5.25. The lowest BCUT2D eigenvalue weighted by Crippen LogP contribution is -2.36. The summed E-state index contributed by atoms with van der Waals surface area (Å²) in [6.45, 7) is 1.33. The van der Waals surface area contributed by atoms with Gasteiger partial charge in [-0.2, -0.15) is 4.31 Å². The van der Waals surface area contributed by atoms with E-state index in [0.717, 1.165) is 25.0 Å². The third kappa shape index (κ3) is 2.72. The SMILES string of the molecule is Cc1cc(F)c(N)cc1S(=O)(=O)N(CCO)C1CC1. The number of nitrogens with two attached hydrogens (primary N) is 1. The number of aryl methyl sites for hydroxylation is 1. The van der Waals surface area contributed by atoms with Crippen LogP contribution in [-0.2, 0) is 10.0 Å². The van der Waals surface area contributed by atoms with Crippen LogP contribution >= 0.6 is 0 Å². The zero-order chi connectivity index (χ0) is 14.2. The Labute approximate surface area is 111 Å². The number of benzene rings is 1. The minimum absolute atomic E-state index is 0.00625. The monoisotopic (exact) mass is 288 g/mol. The lowest BCUT2D eigenvalue weighted by Gasteiger charge is -2.22. The summed E-state index contributed by atoms with van der Waals surface area (Å²) in [5.41, 5.74) is 5.57. The van der Waals surface area contributed by atoms with E-state index in [0.29, 0.717) is 5.56 Å². The van der Waals surface area contributed by atoms with Gasteiger partial charge in [0, 0.05) is 12.6 Å². The second-order valence-electron chi connectivity index (χ2n) is 4.71. The van der Waals surface area contributed by atoms with Crippen molar-refractivity contribution in [3.05, 3.63) is 23.5 Å². The Morgan fingerprint density at radius 1 is 1.47 bits per heavy atom.